The van der Waals surface area contributed by atoms with Crippen LogP contribution in [0.3, 0.4) is 0 Å². The molecule has 0 atom stereocenters. The van der Waals surface area contributed by atoms with Crippen LogP contribution in [0.1, 0.15) is 22.3 Å². The van der Waals surface area contributed by atoms with Crippen LogP contribution in [0, 0.1) is 0 Å². The minimum atomic E-state index is -0.455. The summed E-state index contributed by atoms with van der Waals surface area (Å²) in [7, 11) is 0. The van der Waals surface area contributed by atoms with Crippen molar-refractivity contribution in [3.63, 3.8) is 0 Å². The number of hydrogen-bond donors (Lipinski definition) is 0. The Kier molecular flexibility index (Phi) is 6.98. The summed E-state index contributed by atoms with van der Waals surface area (Å²) in [6, 6.07) is 70.3. The molecule has 0 fully saturated rings. The zero-order valence-electron chi connectivity index (χ0n) is 29.3. The Hall–Kier alpha value is -6.68. The highest BCUT2D eigenvalue weighted by Gasteiger charge is 2.45. The fourth-order valence-electron chi connectivity index (χ4n) is 8.80. The third kappa shape index (κ3) is 4.59. The summed E-state index contributed by atoms with van der Waals surface area (Å²) < 4.78 is 2.46. The lowest BCUT2D eigenvalue weighted by Gasteiger charge is -2.34. The standard InChI is InChI=1S/C51H32N2S/c1-3-15-33(16-4-1)47-43-30-29-42-41-25-9-12-28-46(41)54-49(42)48(43)53-50(52-47)36-19-13-17-34(31-36)35-18-14-22-38(32-35)51(37-20-5-2-6-21-37)44-26-10-7-23-39(44)40-24-8-11-27-45(40)51/h1-32H. The highest BCUT2D eigenvalue weighted by Crippen LogP contribution is 2.56. The maximum atomic E-state index is 5.37. The fraction of sp³-hybridized carbons (Fsp3) is 0.0196. The molecule has 0 amide bonds. The molecule has 1 aliphatic rings. The summed E-state index contributed by atoms with van der Waals surface area (Å²) in [5.41, 5.74) is 13.6. The zero-order valence-corrected chi connectivity index (χ0v) is 30.1. The number of hydrogen-bond acceptors (Lipinski definition) is 3. The Morgan fingerprint density at radius 2 is 0.963 bits per heavy atom. The Bertz CT molecular complexity index is 3010. The van der Waals surface area contributed by atoms with Gasteiger partial charge in [-0.25, -0.2) is 9.97 Å². The lowest BCUT2D eigenvalue weighted by atomic mass is 9.67. The minimum absolute atomic E-state index is 0.455. The number of rotatable bonds is 5. The predicted molar refractivity (Wildman–Crippen MR) is 226 cm³/mol. The molecule has 0 bridgehead atoms. The lowest BCUT2D eigenvalue weighted by Crippen LogP contribution is -2.28. The first-order valence-corrected chi connectivity index (χ1v) is 19.2. The van der Waals surface area contributed by atoms with Crippen LogP contribution in [-0.2, 0) is 5.41 Å². The van der Waals surface area contributed by atoms with Gasteiger partial charge in [0.25, 0.3) is 0 Å². The summed E-state index contributed by atoms with van der Waals surface area (Å²) in [5, 5.41) is 3.57. The van der Waals surface area contributed by atoms with Gasteiger partial charge in [-0.15, -0.1) is 11.3 Å². The number of benzene rings is 8. The summed E-state index contributed by atoms with van der Waals surface area (Å²) in [4.78, 5) is 10.7. The maximum Gasteiger partial charge on any atom is 0.160 e. The van der Waals surface area contributed by atoms with E-state index >= 15 is 0 Å². The quantitative estimate of drug-likeness (QED) is 0.178. The van der Waals surface area contributed by atoms with E-state index in [1.165, 1.54) is 53.6 Å². The predicted octanol–water partition coefficient (Wildman–Crippen LogP) is 13.4. The summed E-state index contributed by atoms with van der Waals surface area (Å²) >= 11 is 1.81. The van der Waals surface area contributed by atoms with Crippen molar-refractivity contribution in [1.82, 2.24) is 9.97 Å². The summed E-state index contributed by atoms with van der Waals surface area (Å²) in [6.07, 6.45) is 0. The molecule has 0 unspecified atom stereocenters. The third-order valence-electron chi connectivity index (χ3n) is 11.2. The number of thiophene rings is 1. The molecule has 0 saturated carbocycles. The van der Waals surface area contributed by atoms with Gasteiger partial charge in [0.05, 0.1) is 21.3 Å². The highest BCUT2D eigenvalue weighted by molar-refractivity contribution is 7.26. The van der Waals surface area contributed by atoms with Crippen molar-refractivity contribution in [1.29, 1.82) is 0 Å². The first-order valence-electron chi connectivity index (χ1n) is 18.4. The SMILES string of the molecule is c1ccc(-c2nc(-c3cccc(-c4cccc(C5(c6ccccc6)c6ccccc6-c6ccccc65)c4)c3)nc3c2ccc2c4ccccc4sc23)cc1. The van der Waals surface area contributed by atoms with Crippen LogP contribution >= 0.6 is 11.3 Å². The van der Waals surface area contributed by atoms with E-state index in [1.54, 1.807) is 0 Å². The van der Waals surface area contributed by atoms with Crippen molar-refractivity contribution in [2.24, 2.45) is 0 Å². The van der Waals surface area contributed by atoms with E-state index in [1.807, 2.05) is 11.3 Å². The molecule has 0 aliphatic heterocycles. The monoisotopic (exact) mass is 704 g/mol. The second kappa shape index (κ2) is 12.2. The molecule has 10 aromatic rings. The van der Waals surface area contributed by atoms with Gasteiger partial charge >= 0.3 is 0 Å². The maximum absolute atomic E-state index is 5.37. The van der Waals surface area contributed by atoms with Crippen LogP contribution in [0.4, 0.5) is 0 Å². The number of fused-ring (bicyclic) bond motifs is 8. The Labute approximate surface area is 317 Å². The van der Waals surface area contributed by atoms with Crippen LogP contribution < -0.4 is 0 Å². The molecular weight excluding hydrogens is 673 g/mol. The minimum Gasteiger partial charge on any atom is -0.227 e. The molecule has 2 nitrogen and oxygen atoms in total. The van der Waals surface area contributed by atoms with Gasteiger partial charge in [-0.05, 0) is 68.8 Å². The van der Waals surface area contributed by atoms with Gasteiger partial charge in [0, 0.05) is 32.0 Å². The van der Waals surface area contributed by atoms with Crippen molar-refractivity contribution in [2.45, 2.75) is 5.41 Å². The Morgan fingerprint density at radius 1 is 0.389 bits per heavy atom. The molecule has 54 heavy (non-hydrogen) atoms. The van der Waals surface area contributed by atoms with E-state index in [-0.39, 0.29) is 0 Å². The van der Waals surface area contributed by atoms with Crippen LogP contribution in [0.15, 0.2) is 194 Å². The van der Waals surface area contributed by atoms with Gasteiger partial charge < -0.3 is 0 Å². The first kappa shape index (κ1) is 30.9. The van der Waals surface area contributed by atoms with E-state index in [0.29, 0.717) is 0 Å². The van der Waals surface area contributed by atoms with Crippen molar-refractivity contribution in [3.05, 3.63) is 216 Å². The number of nitrogens with zero attached hydrogens (tertiary/aromatic N) is 2. The zero-order chi connectivity index (χ0) is 35.6. The Balaban J connectivity index is 1.11. The second-order valence-electron chi connectivity index (χ2n) is 14.1. The second-order valence-corrected chi connectivity index (χ2v) is 15.1. The van der Waals surface area contributed by atoms with Crippen molar-refractivity contribution in [3.8, 4) is 44.9 Å². The molecule has 1 aliphatic carbocycles. The molecule has 0 saturated heterocycles. The van der Waals surface area contributed by atoms with Crippen LogP contribution in [0.2, 0.25) is 0 Å². The van der Waals surface area contributed by atoms with E-state index in [4.69, 9.17) is 9.97 Å². The van der Waals surface area contributed by atoms with Crippen molar-refractivity contribution < 1.29 is 0 Å². The molecule has 11 rings (SSSR count). The van der Waals surface area contributed by atoms with Crippen molar-refractivity contribution >= 4 is 42.4 Å². The molecule has 252 valence electrons. The van der Waals surface area contributed by atoms with Gasteiger partial charge in [-0.1, -0.05) is 170 Å². The first-order chi connectivity index (χ1) is 26.8. The highest BCUT2D eigenvalue weighted by atomic mass is 32.1. The molecule has 8 aromatic carbocycles. The van der Waals surface area contributed by atoms with Crippen LogP contribution in [-0.4, -0.2) is 9.97 Å². The van der Waals surface area contributed by atoms with E-state index in [9.17, 15) is 0 Å². The van der Waals surface area contributed by atoms with E-state index < -0.39 is 5.41 Å². The molecule has 2 heterocycles. The molecule has 0 spiro atoms. The van der Waals surface area contributed by atoms with Gasteiger partial charge in [0.2, 0.25) is 0 Å². The Morgan fingerprint density at radius 3 is 1.74 bits per heavy atom. The van der Waals surface area contributed by atoms with Crippen LogP contribution in [0.5, 0.6) is 0 Å². The molecule has 0 N–H and O–H groups in total. The average molecular weight is 705 g/mol. The van der Waals surface area contributed by atoms with Crippen molar-refractivity contribution in [2.75, 3.05) is 0 Å². The van der Waals surface area contributed by atoms with Crippen LogP contribution in [0.25, 0.3) is 76.0 Å². The smallest absolute Gasteiger partial charge is 0.160 e. The van der Waals surface area contributed by atoms with E-state index in [0.717, 1.165) is 44.7 Å². The van der Waals surface area contributed by atoms with Gasteiger partial charge in [0.1, 0.15) is 0 Å². The normalized spacial score (nSPS) is 13.0. The topological polar surface area (TPSA) is 25.8 Å². The summed E-state index contributed by atoms with van der Waals surface area (Å²) in [6.45, 7) is 0. The van der Waals surface area contributed by atoms with Gasteiger partial charge in [-0.2, -0.15) is 0 Å². The van der Waals surface area contributed by atoms with E-state index in [2.05, 4.69) is 194 Å². The molecule has 2 aromatic heterocycles. The lowest BCUT2D eigenvalue weighted by molar-refractivity contribution is 0.769. The molecule has 3 heteroatoms. The van der Waals surface area contributed by atoms with Gasteiger partial charge in [-0.3, -0.25) is 0 Å². The van der Waals surface area contributed by atoms with Gasteiger partial charge in [0.15, 0.2) is 5.82 Å². The third-order valence-corrected chi connectivity index (χ3v) is 12.4. The molecular formula is C51H32N2S. The molecule has 0 radical (unpaired) electrons. The summed E-state index contributed by atoms with van der Waals surface area (Å²) in [5.74, 6) is 0.726. The largest absolute Gasteiger partial charge is 0.227 e. The average Bonchev–Trinajstić information content (AvgIpc) is 3.79. The number of aromatic nitrogens is 2. The fourth-order valence-corrected chi connectivity index (χ4v) is 10.00.